The van der Waals surface area contributed by atoms with Crippen molar-refractivity contribution in [2.45, 2.75) is 46.1 Å². The van der Waals surface area contributed by atoms with Crippen molar-refractivity contribution in [3.8, 4) is 5.75 Å². The number of hydrogen-bond donors (Lipinski definition) is 1. The largest absolute Gasteiger partial charge is 0.491 e. The molecule has 0 saturated heterocycles. The van der Waals surface area contributed by atoms with Gasteiger partial charge in [-0.15, -0.1) is 0 Å². The topological polar surface area (TPSA) is 21.3 Å². The van der Waals surface area contributed by atoms with Gasteiger partial charge in [0.25, 0.3) is 0 Å². The van der Waals surface area contributed by atoms with Crippen LogP contribution >= 0.6 is 0 Å². The molecule has 1 unspecified atom stereocenters. The third-order valence-electron chi connectivity index (χ3n) is 2.64. The van der Waals surface area contributed by atoms with E-state index in [-0.39, 0.29) is 5.82 Å². The highest BCUT2D eigenvalue weighted by atomic mass is 19.1. The van der Waals surface area contributed by atoms with E-state index in [0.29, 0.717) is 18.4 Å². The van der Waals surface area contributed by atoms with Crippen LogP contribution in [0.5, 0.6) is 5.75 Å². The van der Waals surface area contributed by atoms with Crippen molar-refractivity contribution in [1.82, 2.24) is 0 Å². The van der Waals surface area contributed by atoms with Gasteiger partial charge in [0.2, 0.25) is 0 Å². The van der Waals surface area contributed by atoms with Crippen LogP contribution in [0.25, 0.3) is 0 Å². The number of anilines is 1. The van der Waals surface area contributed by atoms with Crippen molar-refractivity contribution in [2.75, 3.05) is 11.9 Å². The second-order valence-electron chi connectivity index (χ2n) is 4.27. The molecule has 17 heavy (non-hydrogen) atoms. The van der Waals surface area contributed by atoms with Gasteiger partial charge < -0.3 is 10.1 Å². The van der Waals surface area contributed by atoms with Crippen LogP contribution in [0, 0.1) is 5.82 Å². The lowest BCUT2D eigenvalue weighted by molar-refractivity contribution is 0.321. The lowest BCUT2D eigenvalue weighted by Crippen LogP contribution is -2.14. The van der Waals surface area contributed by atoms with E-state index in [4.69, 9.17) is 4.74 Å². The Bertz CT molecular complexity index is 341. The summed E-state index contributed by atoms with van der Waals surface area (Å²) in [6.45, 7) is 6.61. The second-order valence-corrected chi connectivity index (χ2v) is 4.27. The van der Waals surface area contributed by atoms with Crippen molar-refractivity contribution >= 4 is 5.69 Å². The zero-order valence-corrected chi connectivity index (χ0v) is 10.9. The molecule has 0 fully saturated rings. The van der Waals surface area contributed by atoms with Crippen molar-refractivity contribution in [1.29, 1.82) is 0 Å². The standard InChI is InChI=1S/C14H22FNO/c1-4-6-7-11(3)16-12-8-9-14(17-5-2)13(15)10-12/h8-11,16H,4-7H2,1-3H3. The average molecular weight is 239 g/mol. The molecule has 0 aliphatic carbocycles. The van der Waals surface area contributed by atoms with Gasteiger partial charge in [-0.1, -0.05) is 19.8 Å². The van der Waals surface area contributed by atoms with Gasteiger partial charge in [-0.2, -0.15) is 0 Å². The minimum absolute atomic E-state index is 0.306. The van der Waals surface area contributed by atoms with Crippen LogP contribution < -0.4 is 10.1 Å². The van der Waals surface area contributed by atoms with E-state index in [0.717, 1.165) is 12.1 Å². The van der Waals surface area contributed by atoms with E-state index in [1.54, 1.807) is 6.07 Å². The first kappa shape index (κ1) is 13.8. The van der Waals surface area contributed by atoms with E-state index < -0.39 is 0 Å². The molecule has 0 radical (unpaired) electrons. The maximum atomic E-state index is 13.6. The van der Waals surface area contributed by atoms with E-state index in [2.05, 4.69) is 19.2 Å². The molecule has 96 valence electrons. The van der Waals surface area contributed by atoms with Crippen LogP contribution in [0.4, 0.5) is 10.1 Å². The normalized spacial score (nSPS) is 12.2. The maximum absolute atomic E-state index is 13.6. The quantitative estimate of drug-likeness (QED) is 0.769. The Morgan fingerprint density at radius 3 is 2.71 bits per heavy atom. The lowest BCUT2D eigenvalue weighted by atomic mass is 10.1. The van der Waals surface area contributed by atoms with E-state index in [9.17, 15) is 4.39 Å². The highest BCUT2D eigenvalue weighted by Crippen LogP contribution is 2.22. The van der Waals surface area contributed by atoms with Gasteiger partial charge in [0.05, 0.1) is 6.61 Å². The molecule has 0 heterocycles. The Hall–Kier alpha value is -1.25. The molecule has 0 saturated carbocycles. The van der Waals surface area contributed by atoms with Crippen LogP contribution in [0.2, 0.25) is 0 Å². The summed E-state index contributed by atoms with van der Waals surface area (Å²) in [5.41, 5.74) is 0.814. The highest BCUT2D eigenvalue weighted by molar-refractivity contribution is 5.47. The summed E-state index contributed by atoms with van der Waals surface area (Å²) < 4.78 is 18.7. The van der Waals surface area contributed by atoms with Crippen molar-refractivity contribution in [3.05, 3.63) is 24.0 Å². The summed E-state index contributed by atoms with van der Waals surface area (Å²) in [6, 6.07) is 5.39. The SMILES string of the molecule is CCCCC(C)Nc1ccc(OCC)c(F)c1. The number of hydrogen-bond acceptors (Lipinski definition) is 2. The first-order chi connectivity index (χ1) is 8.17. The van der Waals surface area contributed by atoms with E-state index in [1.807, 2.05) is 13.0 Å². The average Bonchev–Trinajstić information content (AvgIpc) is 2.30. The molecule has 3 heteroatoms. The van der Waals surface area contributed by atoms with Gasteiger partial charge >= 0.3 is 0 Å². The summed E-state index contributed by atoms with van der Waals surface area (Å²) in [4.78, 5) is 0. The lowest BCUT2D eigenvalue weighted by Gasteiger charge is -2.15. The molecule has 1 atom stereocenters. The van der Waals surface area contributed by atoms with Gasteiger partial charge in [0.15, 0.2) is 11.6 Å². The fraction of sp³-hybridized carbons (Fsp3) is 0.571. The molecular weight excluding hydrogens is 217 g/mol. The Morgan fingerprint density at radius 1 is 1.35 bits per heavy atom. The molecule has 1 rings (SSSR count). The van der Waals surface area contributed by atoms with E-state index in [1.165, 1.54) is 18.9 Å². The molecule has 0 aliphatic heterocycles. The third-order valence-corrected chi connectivity index (χ3v) is 2.64. The summed E-state index contributed by atoms with van der Waals surface area (Å²) in [6.07, 6.45) is 3.47. The maximum Gasteiger partial charge on any atom is 0.167 e. The second kappa shape index (κ2) is 7.15. The Morgan fingerprint density at radius 2 is 2.12 bits per heavy atom. The first-order valence-corrected chi connectivity index (χ1v) is 6.36. The van der Waals surface area contributed by atoms with Gasteiger partial charge in [-0.25, -0.2) is 4.39 Å². The number of halogens is 1. The van der Waals surface area contributed by atoms with Gasteiger partial charge in [-0.3, -0.25) is 0 Å². The Balaban J connectivity index is 2.57. The Labute approximate surface area is 103 Å². The van der Waals surface area contributed by atoms with Gasteiger partial charge in [0.1, 0.15) is 0 Å². The number of nitrogens with one attached hydrogen (secondary N) is 1. The molecular formula is C14H22FNO. The molecule has 0 bridgehead atoms. The summed E-state index contributed by atoms with van der Waals surface area (Å²) in [7, 11) is 0. The van der Waals surface area contributed by atoms with Gasteiger partial charge in [0, 0.05) is 17.8 Å². The minimum Gasteiger partial charge on any atom is -0.491 e. The summed E-state index contributed by atoms with van der Waals surface area (Å²) >= 11 is 0. The van der Waals surface area contributed by atoms with Crippen LogP contribution in [0.1, 0.15) is 40.0 Å². The van der Waals surface area contributed by atoms with Crippen LogP contribution in [-0.2, 0) is 0 Å². The monoisotopic (exact) mass is 239 g/mol. The molecule has 2 nitrogen and oxygen atoms in total. The summed E-state index contributed by atoms with van der Waals surface area (Å²) in [5.74, 6) is 0.0128. The van der Waals surface area contributed by atoms with E-state index >= 15 is 0 Å². The predicted octanol–water partition coefficient (Wildman–Crippen LogP) is 4.22. The van der Waals surface area contributed by atoms with Crippen molar-refractivity contribution in [3.63, 3.8) is 0 Å². The van der Waals surface area contributed by atoms with Crippen LogP contribution in [-0.4, -0.2) is 12.6 Å². The molecule has 0 aromatic heterocycles. The zero-order chi connectivity index (χ0) is 12.7. The number of unbranched alkanes of at least 4 members (excludes halogenated alkanes) is 1. The number of rotatable bonds is 7. The zero-order valence-electron chi connectivity index (χ0n) is 10.9. The first-order valence-electron chi connectivity index (χ1n) is 6.36. The molecule has 1 aromatic rings. The molecule has 0 spiro atoms. The summed E-state index contributed by atoms with van der Waals surface area (Å²) in [5, 5.41) is 3.29. The van der Waals surface area contributed by atoms with Crippen LogP contribution in [0.3, 0.4) is 0 Å². The highest BCUT2D eigenvalue weighted by Gasteiger charge is 2.06. The third kappa shape index (κ3) is 4.63. The van der Waals surface area contributed by atoms with Crippen molar-refractivity contribution in [2.24, 2.45) is 0 Å². The van der Waals surface area contributed by atoms with Crippen LogP contribution in [0.15, 0.2) is 18.2 Å². The smallest absolute Gasteiger partial charge is 0.167 e. The minimum atomic E-state index is -0.306. The molecule has 1 aromatic carbocycles. The molecule has 0 aliphatic rings. The van der Waals surface area contributed by atoms with Crippen molar-refractivity contribution < 1.29 is 9.13 Å². The molecule has 1 N–H and O–H groups in total. The number of benzene rings is 1. The molecule has 0 amide bonds. The fourth-order valence-corrected chi connectivity index (χ4v) is 1.73. The van der Waals surface area contributed by atoms with Gasteiger partial charge in [-0.05, 0) is 32.4 Å². The number of ether oxygens (including phenoxy) is 1. The predicted molar refractivity (Wildman–Crippen MR) is 70.2 cm³/mol. The fourth-order valence-electron chi connectivity index (χ4n) is 1.73. The Kier molecular flexibility index (Phi) is 5.81.